The Bertz CT molecular complexity index is 1360. The second-order valence-corrected chi connectivity index (χ2v) is 8.19. The topological polar surface area (TPSA) is 17.5 Å². The van der Waals surface area contributed by atoms with Crippen LogP contribution in [0.25, 0.3) is 37.6 Å². The highest BCUT2D eigenvalue weighted by molar-refractivity contribution is 6.06. The smallest absolute Gasteiger partial charge is 0.239 e. The second kappa shape index (κ2) is 6.32. The van der Waals surface area contributed by atoms with E-state index in [0.717, 1.165) is 27.8 Å². The fourth-order valence-electron chi connectivity index (χ4n) is 4.77. The molecule has 0 spiro atoms. The Hall–Kier alpha value is -3.38. The van der Waals surface area contributed by atoms with Crippen LogP contribution in [0.5, 0.6) is 11.5 Å². The number of nitrogens with zero attached hydrogens (tertiary/aromatic N) is 2. The monoisotopic (exact) mass is 379 g/mol. The molecule has 0 radical (unpaired) electrons. The van der Waals surface area contributed by atoms with E-state index in [4.69, 9.17) is 11.3 Å². The van der Waals surface area contributed by atoms with Crippen LogP contribution in [0.1, 0.15) is 36.5 Å². The lowest BCUT2D eigenvalue weighted by atomic mass is 9.85. The molecule has 0 bridgehead atoms. The lowest BCUT2D eigenvalue weighted by Gasteiger charge is -2.26. The third-order valence-electron chi connectivity index (χ3n) is 6.02. The van der Waals surface area contributed by atoms with Gasteiger partial charge in [-0.1, -0.05) is 38.1 Å². The molecular formula is C26H23N2O+. The van der Waals surface area contributed by atoms with Gasteiger partial charge in [0.1, 0.15) is 18.5 Å². The van der Waals surface area contributed by atoms with Crippen molar-refractivity contribution in [3.63, 3.8) is 0 Å². The summed E-state index contributed by atoms with van der Waals surface area (Å²) >= 11 is 0. The summed E-state index contributed by atoms with van der Waals surface area (Å²) in [5.74, 6) is 2.15. The summed E-state index contributed by atoms with van der Waals surface area (Å²) in [7, 11) is 2.10. The Morgan fingerprint density at radius 1 is 1.10 bits per heavy atom. The molecule has 2 heterocycles. The molecule has 0 saturated heterocycles. The third kappa shape index (κ3) is 2.46. The summed E-state index contributed by atoms with van der Waals surface area (Å²) in [5, 5.41) is 4.79. The van der Waals surface area contributed by atoms with Gasteiger partial charge >= 0.3 is 0 Å². The van der Waals surface area contributed by atoms with E-state index in [1.807, 2.05) is 6.07 Å². The maximum absolute atomic E-state index is 7.27. The Morgan fingerprint density at radius 2 is 1.86 bits per heavy atom. The average Bonchev–Trinajstić information content (AvgIpc) is 2.70. The van der Waals surface area contributed by atoms with Gasteiger partial charge in [-0.15, -0.1) is 0 Å². The molecule has 0 fully saturated rings. The minimum absolute atomic E-state index is 0.326. The summed E-state index contributed by atoms with van der Waals surface area (Å²) in [5.41, 5.74) is 5.87. The zero-order chi connectivity index (χ0) is 20.3. The minimum atomic E-state index is 0.326. The molecule has 3 nitrogen and oxygen atoms in total. The Morgan fingerprint density at radius 3 is 2.59 bits per heavy atom. The van der Waals surface area contributed by atoms with Gasteiger partial charge in [0, 0.05) is 17.2 Å². The van der Waals surface area contributed by atoms with Crippen molar-refractivity contribution in [1.29, 1.82) is 0 Å². The lowest BCUT2D eigenvalue weighted by Crippen LogP contribution is -2.32. The number of aryl methyl sites for hydroxylation is 2. The largest absolute Gasteiger partial charge is 0.455 e. The number of hydrogen-bond acceptors (Lipinski definition) is 1. The molecule has 0 aliphatic carbocycles. The first-order valence-corrected chi connectivity index (χ1v) is 10.0. The maximum Gasteiger partial charge on any atom is 0.239 e. The molecular weight excluding hydrogens is 356 g/mol. The molecule has 29 heavy (non-hydrogen) atoms. The molecule has 142 valence electrons. The van der Waals surface area contributed by atoms with Crippen molar-refractivity contribution in [3.8, 4) is 22.8 Å². The number of fused-ring (bicyclic) bond motifs is 3. The Balaban J connectivity index is 1.99. The van der Waals surface area contributed by atoms with Crippen LogP contribution >= 0.6 is 0 Å². The zero-order valence-corrected chi connectivity index (χ0v) is 17.2. The van der Waals surface area contributed by atoms with Gasteiger partial charge in [-0.3, -0.25) is 0 Å². The number of rotatable bonds is 2. The summed E-state index contributed by atoms with van der Waals surface area (Å²) < 4.78 is 8.86. The van der Waals surface area contributed by atoms with Crippen LogP contribution in [-0.4, -0.2) is 0 Å². The highest BCUT2D eigenvalue weighted by Gasteiger charge is 2.33. The number of ether oxygens (including phenoxy) is 1. The SMILES string of the molecule is [C-]#[N+]Cc1cc2c3c([n+](C)ccc3c1)-c1c(c(C(C)C)c3ccccc3c1C)O2. The zero-order valence-electron chi connectivity index (χ0n) is 17.2. The van der Waals surface area contributed by atoms with Gasteiger partial charge < -0.3 is 9.58 Å². The first kappa shape index (κ1) is 17.7. The van der Waals surface area contributed by atoms with Crippen molar-refractivity contribution in [2.45, 2.75) is 33.2 Å². The Labute approximate surface area is 171 Å². The summed E-state index contributed by atoms with van der Waals surface area (Å²) in [6.07, 6.45) is 2.11. The van der Waals surface area contributed by atoms with Crippen molar-refractivity contribution in [2.75, 3.05) is 0 Å². The maximum atomic E-state index is 7.27. The van der Waals surface area contributed by atoms with Gasteiger partial charge in [0.2, 0.25) is 12.2 Å². The molecule has 0 N–H and O–H groups in total. The molecule has 0 saturated carbocycles. The van der Waals surface area contributed by atoms with Gasteiger partial charge in [0.15, 0.2) is 6.20 Å². The van der Waals surface area contributed by atoms with E-state index in [1.54, 1.807) is 0 Å². The summed E-state index contributed by atoms with van der Waals surface area (Å²) in [6.45, 7) is 14.3. The standard InChI is InChI=1S/C26H23N2O/c1-15(2)22-20-9-7-6-8-19(20)16(3)23-25-24-18(10-11-28(25)5)12-17(14-27-4)13-21(24)29-26(22)23/h6-13,15H,14H2,1-3,5H3/q+1. The first-order valence-electron chi connectivity index (χ1n) is 10.0. The van der Waals surface area contributed by atoms with E-state index < -0.39 is 0 Å². The summed E-state index contributed by atoms with van der Waals surface area (Å²) in [6, 6.07) is 14.9. The molecule has 0 amide bonds. The predicted molar refractivity (Wildman–Crippen MR) is 117 cm³/mol. The van der Waals surface area contributed by atoms with Gasteiger partial charge in [0.25, 0.3) is 0 Å². The van der Waals surface area contributed by atoms with Gasteiger partial charge in [0.05, 0.1) is 10.9 Å². The molecule has 1 aliphatic heterocycles. The van der Waals surface area contributed by atoms with E-state index in [0.29, 0.717) is 12.5 Å². The van der Waals surface area contributed by atoms with E-state index in [2.05, 4.69) is 79.8 Å². The average molecular weight is 379 g/mol. The first-order chi connectivity index (χ1) is 14.0. The molecule has 1 aromatic heterocycles. The van der Waals surface area contributed by atoms with Crippen LogP contribution in [-0.2, 0) is 13.6 Å². The fourth-order valence-corrected chi connectivity index (χ4v) is 4.77. The number of pyridine rings is 1. The molecule has 1 aliphatic rings. The van der Waals surface area contributed by atoms with E-state index in [-0.39, 0.29) is 0 Å². The predicted octanol–water partition coefficient (Wildman–Crippen LogP) is 6.44. The Kier molecular flexibility index (Phi) is 3.86. The van der Waals surface area contributed by atoms with Crippen molar-refractivity contribution in [1.82, 2.24) is 0 Å². The fraction of sp³-hybridized carbons (Fsp3) is 0.231. The van der Waals surface area contributed by atoms with Gasteiger partial charge in [-0.2, -0.15) is 0 Å². The molecule has 0 atom stereocenters. The summed E-state index contributed by atoms with van der Waals surface area (Å²) in [4.78, 5) is 3.58. The molecule has 0 unspecified atom stereocenters. The van der Waals surface area contributed by atoms with Gasteiger partial charge in [-0.25, -0.2) is 11.1 Å². The molecule has 3 heteroatoms. The number of hydrogen-bond donors (Lipinski definition) is 0. The van der Waals surface area contributed by atoms with Crippen LogP contribution in [0.4, 0.5) is 0 Å². The van der Waals surface area contributed by atoms with Crippen LogP contribution < -0.4 is 9.30 Å². The highest BCUT2D eigenvalue weighted by atomic mass is 16.5. The molecule has 3 aromatic carbocycles. The second-order valence-electron chi connectivity index (χ2n) is 8.19. The van der Waals surface area contributed by atoms with Crippen molar-refractivity contribution < 1.29 is 9.30 Å². The van der Waals surface area contributed by atoms with E-state index >= 15 is 0 Å². The normalized spacial score (nSPS) is 12.1. The van der Waals surface area contributed by atoms with E-state index in [9.17, 15) is 0 Å². The molecule has 4 aromatic rings. The highest BCUT2D eigenvalue weighted by Crippen LogP contribution is 2.52. The third-order valence-corrected chi connectivity index (χ3v) is 6.02. The van der Waals surface area contributed by atoms with Crippen LogP contribution in [0.2, 0.25) is 0 Å². The van der Waals surface area contributed by atoms with Crippen LogP contribution in [0.3, 0.4) is 0 Å². The quantitative estimate of drug-likeness (QED) is 0.255. The van der Waals surface area contributed by atoms with Crippen LogP contribution in [0, 0.1) is 13.5 Å². The van der Waals surface area contributed by atoms with Crippen molar-refractivity contribution >= 4 is 21.5 Å². The number of benzene rings is 3. The molecule has 5 rings (SSSR count). The number of aromatic nitrogens is 1. The van der Waals surface area contributed by atoms with Gasteiger partial charge in [-0.05, 0) is 46.7 Å². The van der Waals surface area contributed by atoms with Crippen LogP contribution in [0.15, 0.2) is 48.7 Å². The lowest BCUT2D eigenvalue weighted by molar-refractivity contribution is -0.659. The van der Waals surface area contributed by atoms with E-state index in [1.165, 1.54) is 33.2 Å². The van der Waals surface area contributed by atoms with Crippen molar-refractivity contribution in [3.05, 3.63) is 76.8 Å². The van der Waals surface area contributed by atoms with Crippen molar-refractivity contribution in [2.24, 2.45) is 7.05 Å². The minimum Gasteiger partial charge on any atom is -0.455 e.